The van der Waals surface area contributed by atoms with Crippen LogP contribution in [0.2, 0.25) is 0 Å². The molecular formula is C13H17ClO3. The van der Waals surface area contributed by atoms with Gasteiger partial charge < -0.3 is 10.2 Å². The Bertz CT molecular complexity index is 439. The van der Waals surface area contributed by atoms with Crippen LogP contribution in [0.15, 0.2) is 12.1 Å². The average Bonchev–Trinajstić information content (AvgIpc) is 2.28. The van der Waals surface area contributed by atoms with Crippen molar-refractivity contribution in [3.05, 3.63) is 28.8 Å². The minimum Gasteiger partial charge on any atom is -0.507 e. The molecule has 2 N–H and O–H groups in total. The van der Waals surface area contributed by atoms with E-state index in [4.69, 9.17) is 16.7 Å². The van der Waals surface area contributed by atoms with Crippen LogP contribution in [0.3, 0.4) is 0 Å². The number of carbonyl (C=O) groups is 1. The highest BCUT2D eigenvalue weighted by Crippen LogP contribution is 2.33. The summed E-state index contributed by atoms with van der Waals surface area (Å²) in [4.78, 5) is 11.1. The maximum Gasteiger partial charge on any atom is 0.339 e. The first-order chi connectivity index (χ1) is 7.83. The number of hydrogen-bond acceptors (Lipinski definition) is 2. The highest BCUT2D eigenvalue weighted by atomic mass is 35.5. The first kappa shape index (κ1) is 13.8. The summed E-state index contributed by atoms with van der Waals surface area (Å²) in [5.74, 6) is -1.27. The number of phenols is 1. The first-order valence-electron chi connectivity index (χ1n) is 5.49. The van der Waals surface area contributed by atoms with Crippen molar-refractivity contribution in [3.63, 3.8) is 0 Å². The Morgan fingerprint density at radius 1 is 1.41 bits per heavy atom. The SMILES string of the molecule is CCC(C)(C)c1cc(CCl)c(O)c(C(=O)O)c1. The van der Waals surface area contributed by atoms with Gasteiger partial charge in [0.1, 0.15) is 11.3 Å². The van der Waals surface area contributed by atoms with Crippen molar-refractivity contribution in [1.29, 1.82) is 0 Å². The van der Waals surface area contributed by atoms with Gasteiger partial charge in [-0.15, -0.1) is 11.6 Å². The number of rotatable bonds is 4. The number of benzene rings is 1. The highest BCUT2D eigenvalue weighted by Gasteiger charge is 2.23. The van der Waals surface area contributed by atoms with E-state index >= 15 is 0 Å². The number of aromatic hydroxyl groups is 1. The summed E-state index contributed by atoms with van der Waals surface area (Å²) in [5, 5.41) is 18.8. The molecule has 0 spiro atoms. The standard InChI is InChI=1S/C13H17ClO3/c1-4-13(2,3)9-5-8(7-14)11(15)10(6-9)12(16)17/h5-6,15H,4,7H2,1-3H3,(H,16,17). The van der Waals surface area contributed by atoms with Crippen LogP contribution in [0.4, 0.5) is 0 Å². The summed E-state index contributed by atoms with van der Waals surface area (Å²) >= 11 is 5.72. The van der Waals surface area contributed by atoms with Gasteiger partial charge in [0.05, 0.1) is 5.88 Å². The predicted molar refractivity (Wildman–Crippen MR) is 67.9 cm³/mol. The molecule has 1 aromatic rings. The third-order valence-corrected chi connectivity index (χ3v) is 3.52. The maximum absolute atomic E-state index is 11.1. The van der Waals surface area contributed by atoms with Crippen LogP contribution in [0.25, 0.3) is 0 Å². The number of alkyl halides is 1. The molecule has 0 saturated heterocycles. The van der Waals surface area contributed by atoms with Crippen molar-refractivity contribution in [2.45, 2.75) is 38.5 Å². The van der Waals surface area contributed by atoms with E-state index < -0.39 is 5.97 Å². The molecule has 1 rings (SSSR count). The largest absolute Gasteiger partial charge is 0.507 e. The fourth-order valence-electron chi connectivity index (χ4n) is 1.55. The smallest absolute Gasteiger partial charge is 0.339 e. The molecule has 0 aliphatic rings. The van der Waals surface area contributed by atoms with E-state index in [1.54, 1.807) is 6.07 Å². The van der Waals surface area contributed by atoms with Gasteiger partial charge in [-0.1, -0.05) is 26.8 Å². The molecule has 0 aliphatic heterocycles. The normalized spacial score (nSPS) is 11.5. The number of hydrogen-bond donors (Lipinski definition) is 2. The molecule has 0 heterocycles. The summed E-state index contributed by atoms with van der Waals surface area (Å²) in [7, 11) is 0. The second kappa shape index (κ2) is 4.96. The molecule has 4 heteroatoms. The van der Waals surface area contributed by atoms with Crippen LogP contribution in [0.1, 0.15) is 48.7 Å². The Kier molecular flexibility index (Phi) is 4.04. The lowest BCUT2D eigenvalue weighted by Gasteiger charge is -2.24. The fourth-order valence-corrected chi connectivity index (χ4v) is 1.76. The van der Waals surface area contributed by atoms with Crippen LogP contribution < -0.4 is 0 Å². The summed E-state index contributed by atoms with van der Waals surface area (Å²) in [6.45, 7) is 6.10. The first-order valence-corrected chi connectivity index (χ1v) is 6.02. The summed E-state index contributed by atoms with van der Waals surface area (Å²) in [6, 6.07) is 3.30. The van der Waals surface area contributed by atoms with Gasteiger partial charge in [0.25, 0.3) is 0 Å². The van der Waals surface area contributed by atoms with Crippen LogP contribution in [0, 0.1) is 0 Å². The Balaban J connectivity index is 3.45. The molecule has 17 heavy (non-hydrogen) atoms. The molecule has 1 aromatic carbocycles. The second-order valence-electron chi connectivity index (χ2n) is 4.71. The molecule has 0 fully saturated rings. The average molecular weight is 257 g/mol. The molecule has 0 aromatic heterocycles. The minimum atomic E-state index is -1.14. The van der Waals surface area contributed by atoms with Gasteiger partial charge in [-0.05, 0) is 23.5 Å². The van der Waals surface area contributed by atoms with Gasteiger partial charge >= 0.3 is 5.97 Å². The Labute approximate surface area is 106 Å². The van der Waals surface area contributed by atoms with Gasteiger partial charge in [-0.3, -0.25) is 0 Å². The van der Waals surface area contributed by atoms with E-state index in [9.17, 15) is 9.90 Å². The zero-order chi connectivity index (χ0) is 13.2. The van der Waals surface area contributed by atoms with Gasteiger partial charge in [-0.2, -0.15) is 0 Å². The van der Waals surface area contributed by atoms with Crippen LogP contribution in [-0.4, -0.2) is 16.2 Å². The van der Waals surface area contributed by atoms with Crippen molar-refractivity contribution in [2.75, 3.05) is 0 Å². The Morgan fingerprint density at radius 3 is 2.41 bits per heavy atom. The predicted octanol–water partition coefficient (Wildman–Crippen LogP) is 3.52. The van der Waals surface area contributed by atoms with Gasteiger partial charge in [0.15, 0.2) is 0 Å². The summed E-state index contributed by atoms with van der Waals surface area (Å²) in [5.41, 5.74) is 1.12. The number of halogens is 1. The van der Waals surface area contributed by atoms with Crippen LogP contribution >= 0.6 is 11.6 Å². The molecule has 0 saturated carbocycles. The lowest BCUT2D eigenvalue weighted by Crippen LogP contribution is -2.17. The lowest BCUT2D eigenvalue weighted by molar-refractivity contribution is 0.0693. The third kappa shape index (κ3) is 2.72. The van der Waals surface area contributed by atoms with E-state index in [1.807, 2.05) is 20.8 Å². The van der Waals surface area contributed by atoms with Crippen molar-refractivity contribution >= 4 is 17.6 Å². The van der Waals surface area contributed by atoms with E-state index in [0.717, 1.165) is 12.0 Å². The zero-order valence-corrected chi connectivity index (χ0v) is 11.0. The molecule has 0 aliphatic carbocycles. The number of aromatic carboxylic acids is 1. The summed E-state index contributed by atoms with van der Waals surface area (Å²) in [6.07, 6.45) is 0.874. The van der Waals surface area contributed by atoms with Crippen molar-refractivity contribution in [3.8, 4) is 5.75 Å². The molecule has 94 valence electrons. The molecule has 3 nitrogen and oxygen atoms in total. The Hall–Kier alpha value is -1.22. The summed E-state index contributed by atoms with van der Waals surface area (Å²) < 4.78 is 0. The number of carboxylic acid groups (broad SMARTS) is 1. The third-order valence-electron chi connectivity index (χ3n) is 3.23. The van der Waals surface area contributed by atoms with Crippen LogP contribution in [0.5, 0.6) is 5.75 Å². The molecule has 0 atom stereocenters. The van der Waals surface area contributed by atoms with Crippen molar-refractivity contribution in [1.82, 2.24) is 0 Å². The fraction of sp³-hybridized carbons (Fsp3) is 0.462. The van der Waals surface area contributed by atoms with Gasteiger partial charge in [0.2, 0.25) is 0 Å². The Morgan fingerprint density at radius 2 is 2.00 bits per heavy atom. The highest BCUT2D eigenvalue weighted by molar-refractivity contribution is 6.17. The van der Waals surface area contributed by atoms with E-state index in [-0.39, 0.29) is 22.6 Å². The minimum absolute atomic E-state index is 0.0836. The van der Waals surface area contributed by atoms with E-state index in [2.05, 4.69) is 0 Å². The topological polar surface area (TPSA) is 57.5 Å². The molecule has 0 bridgehead atoms. The number of carboxylic acids is 1. The van der Waals surface area contributed by atoms with Crippen molar-refractivity contribution in [2.24, 2.45) is 0 Å². The maximum atomic E-state index is 11.1. The molecular weight excluding hydrogens is 240 g/mol. The lowest BCUT2D eigenvalue weighted by atomic mass is 9.80. The molecule has 0 amide bonds. The quantitative estimate of drug-likeness (QED) is 0.811. The van der Waals surface area contributed by atoms with Gasteiger partial charge in [-0.25, -0.2) is 4.79 Å². The molecule has 0 unspecified atom stereocenters. The van der Waals surface area contributed by atoms with E-state index in [0.29, 0.717) is 5.56 Å². The van der Waals surface area contributed by atoms with Gasteiger partial charge in [0, 0.05) is 5.56 Å². The zero-order valence-electron chi connectivity index (χ0n) is 10.2. The van der Waals surface area contributed by atoms with E-state index in [1.165, 1.54) is 6.07 Å². The molecule has 0 radical (unpaired) electrons. The van der Waals surface area contributed by atoms with Crippen LogP contribution in [-0.2, 0) is 11.3 Å². The second-order valence-corrected chi connectivity index (χ2v) is 4.98. The van der Waals surface area contributed by atoms with Crippen molar-refractivity contribution < 1.29 is 15.0 Å². The monoisotopic (exact) mass is 256 g/mol.